The van der Waals surface area contributed by atoms with Crippen LogP contribution in [0.15, 0.2) is 72.8 Å². The number of ether oxygens (including phenoxy) is 1. The van der Waals surface area contributed by atoms with Gasteiger partial charge in [-0.05, 0) is 85.7 Å². The lowest BCUT2D eigenvalue weighted by Crippen LogP contribution is -2.24. The number of unbranched alkanes of at least 4 members (excludes halogenated alkanes) is 2. The number of aromatic nitrogens is 2. The van der Waals surface area contributed by atoms with Crippen molar-refractivity contribution in [3.8, 4) is 5.75 Å². The second-order valence-corrected chi connectivity index (χ2v) is 10.3. The van der Waals surface area contributed by atoms with Crippen molar-refractivity contribution in [2.75, 3.05) is 13.2 Å². The molecule has 1 unspecified atom stereocenters. The van der Waals surface area contributed by atoms with E-state index in [4.69, 9.17) is 21.3 Å². The van der Waals surface area contributed by atoms with Gasteiger partial charge in [-0.2, -0.15) is 0 Å². The summed E-state index contributed by atoms with van der Waals surface area (Å²) in [4.78, 5) is 17.2. The minimum atomic E-state index is -0.0582. The molecule has 0 saturated carbocycles. The smallest absolute Gasteiger partial charge is 0.251 e. The summed E-state index contributed by atoms with van der Waals surface area (Å²) in [5, 5.41) is 3.62. The quantitative estimate of drug-likeness (QED) is 0.169. The summed E-state index contributed by atoms with van der Waals surface area (Å²) in [6, 6.07) is 23.8. The summed E-state index contributed by atoms with van der Waals surface area (Å²) < 4.78 is 8.37. The molecule has 6 heteroatoms. The van der Waals surface area contributed by atoms with E-state index in [9.17, 15) is 4.79 Å². The topological polar surface area (TPSA) is 56.1 Å². The molecule has 0 bridgehead atoms. The third kappa shape index (κ3) is 7.61. The lowest BCUT2D eigenvalue weighted by molar-refractivity contribution is 0.0953. The van der Waals surface area contributed by atoms with Gasteiger partial charge >= 0.3 is 0 Å². The van der Waals surface area contributed by atoms with Crippen LogP contribution in [0.5, 0.6) is 5.75 Å². The van der Waals surface area contributed by atoms with Gasteiger partial charge in [-0.3, -0.25) is 4.79 Å². The molecular formula is C32H38ClN3O2. The van der Waals surface area contributed by atoms with Crippen molar-refractivity contribution in [2.45, 2.75) is 64.8 Å². The van der Waals surface area contributed by atoms with E-state index in [0.29, 0.717) is 29.7 Å². The number of aryl methyl sites for hydroxylation is 2. The SMILES string of the molecule is CCC(C)c1ccc(OCCCn2c(CCCCCNC(=O)c3ccc(Cl)cc3)nc3ccccc32)cc1. The van der Waals surface area contributed by atoms with E-state index in [-0.39, 0.29) is 5.91 Å². The number of nitrogens with one attached hydrogen (secondary N) is 1. The first-order chi connectivity index (χ1) is 18.5. The van der Waals surface area contributed by atoms with Gasteiger partial charge in [0, 0.05) is 30.1 Å². The minimum Gasteiger partial charge on any atom is -0.494 e. The van der Waals surface area contributed by atoms with Gasteiger partial charge in [0.25, 0.3) is 5.91 Å². The van der Waals surface area contributed by atoms with Crippen LogP contribution < -0.4 is 10.1 Å². The Morgan fingerprint density at radius 2 is 1.74 bits per heavy atom. The highest BCUT2D eigenvalue weighted by Gasteiger charge is 2.11. The summed E-state index contributed by atoms with van der Waals surface area (Å²) in [6.07, 6.45) is 5.96. The number of para-hydroxylation sites is 2. The Balaban J connectivity index is 1.23. The monoisotopic (exact) mass is 531 g/mol. The molecule has 0 aliphatic carbocycles. The number of hydrogen-bond acceptors (Lipinski definition) is 3. The maximum Gasteiger partial charge on any atom is 0.251 e. The van der Waals surface area contributed by atoms with Crippen LogP contribution in [0.1, 0.15) is 73.6 Å². The summed E-state index contributed by atoms with van der Waals surface area (Å²) in [5.74, 6) is 2.56. The highest BCUT2D eigenvalue weighted by molar-refractivity contribution is 6.30. The van der Waals surface area contributed by atoms with Crippen LogP contribution >= 0.6 is 11.6 Å². The van der Waals surface area contributed by atoms with Crippen LogP contribution in [0.3, 0.4) is 0 Å². The predicted octanol–water partition coefficient (Wildman–Crippen LogP) is 7.82. The van der Waals surface area contributed by atoms with Gasteiger partial charge in [-0.1, -0.05) is 56.1 Å². The molecule has 0 fully saturated rings. The molecule has 0 aliphatic rings. The van der Waals surface area contributed by atoms with Crippen molar-refractivity contribution in [1.82, 2.24) is 14.9 Å². The molecule has 0 saturated heterocycles. The first kappa shape index (κ1) is 27.7. The maximum absolute atomic E-state index is 12.2. The van der Waals surface area contributed by atoms with Crippen LogP contribution in [-0.2, 0) is 13.0 Å². The van der Waals surface area contributed by atoms with Crippen LogP contribution in [-0.4, -0.2) is 28.6 Å². The molecule has 3 aromatic carbocycles. The second kappa shape index (κ2) is 14.0. The van der Waals surface area contributed by atoms with Crippen molar-refractivity contribution in [3.05, 3.63) is 94.8 Å². The van der Waals surface area contributed by atoms with Gasteiger partial charge in [0.1, 0.15) is 11.6 Å². The third-order valence-corrected chi connectivity index (χ3v) is 7.31. The summed E-state index contributed by atoms with van der Waals surface area (Å²) >= 11 is 5.90. The van der Waals surface area contributed by atoms with Crippen molar-refractivity contribution in [3.63, 3.8) is 0 Å². The Kier molecular flexibility index (Phi) is 10.2. The Bertz CT molecular complexity index is 1300. The number of hydrogen-bond donors (Lipinski definition) is 1. The normalized spacial score (nSPS) is 12.0. The van der Waals surface area contributed by atoms with Gasteiger partial charge in [0.05, 0.1) is 17.6 Å². The average molecular weight is 532 g/mol. The Morgan fingerprint density at radius 3 is 2.50 bits per heavy atom. The molecule has 1 heterocycles. The minimum absolute atomic E-state index is 0.0582. The van der Waals surface area contributed by atoms with Crippen LogP contribution in [0.25, 0.3) is 11.0 Å². The number of nitrogens with zero attached hydrogens (tertiary/aromatic N) is 2. The van der Waals surface area contributed by atoms with Gasteiger partial charge in [-0.15, -0.1) is 0 Å². The molecule has 4 aromatic rings. The second-order valence-electron chi connectivity index (χ2n) is 9.82. The highest BCUT2D eigenvalue weighted by Crippen LogP contribution is 2.22. The zero-order valence-electron chi connectivity index (χ0n) is 22.5. The Labute approximate surface area is 231 Å². The zero-order chi connectivity index (χ0) is 26.7. The average Bonchev–Trinajstić information content (AvgIpc) is 3.30. The summed E-state index contributed by atoms with van der Waals surface area (Å²) in [5.41, 5.74) is 4.21. The number of carbonyl (C=O) groups is 1. The molecule has 1 N–H and O–H groups in total. The largest absolute Gasteiger partial charge is 0.494 e. The zero-order valence-corrected chi connectivity index (χ0v) is 23.2. The van der Waals surface area contributed by atoms with Gasteiger partial charge in [-0.25, -0.2) is 4.98 Å². The number of benzene rings is 3. The molecule has 200 valence electrons. The molecule has 1 aromatic heterocycles. The van der Waals surface area contributed by atoms with Gasteiger partial charge in [0.2, 0.25) is 0 Å². The number of carbonyl (C=O) groups excluding carboxylic acids is 1. The number of fused-ring (bicyclic) bond motifs is 1. The fraction of sp³-hybridized carbons (Fsp3) is 0.375. The Morgan fingerprint density at radius 1 is 0.974 bits per heavy atom. The van der Waals surface area contributed by atoms with Crippen LogP contribution in [0, 0.1) is 0 Å². The van der Waals surface area contributed by atoms with Crippen molar-refractivity contribution >= 4 is 28.5 Å². The van der Waals surface area contributed by atoms with Gasteiger partial charge in [0.15, 0.2) is 0 Å². The van der Waals surface area contributed by atoms with E-state index in [1.165, 1.54) is 11.1 Å². The number of imidazole rings is 1. The van der Waals surface area contributed by atoms with Crippen molar-refractivity contribution in [1.29, 1.82) is 0 Å². The van der Waals surface area contributed by atoms with E-state index >= 15 is 0 Å². The number of rotatable bonds is 14. The molecule has 38 heavy (non-hydrogen) atoms. The predicted molar refractivity (Wildman–Crippen MR) is 156 cm³/mol. The van der Waals surface area contributed by atoms with Gasteiger partial charge < -0.3 is 14.6 Å². The van der Waals surface area contributed by atoms with Crippen LogP contribution in [0.4, 0.5) is 0 Å². The Hall–Kier alpha value is -3.31. The van der Waals surface area contributed by atoms with Crippen molar-refractivity contribution < 1.29 is 9.53 Å². The molecule has 0 aliphatic heterocycles. The lowest BCUT2D eigenvalue weighted by Gasteiger charge is -2.12. The van der Waals surface area contributed by atoms with E-state index < -0.39 is 0 Å². The lowest BCUT2D eigenvalue weighted by atomic mass is 9.99. The maximum atomic E-state index is 12.2. The van der Waals surface area contributed by atoms with Crippen LogP contribution in [0.2, 0.25) is 5.02 Å². The van der Waals surface area contributed by atoms with E-state index in [0.717, 1.165) is 62.2 Å². The molecule has 5 nitrogen and oxygen atoms in total. The first-order valence-electron chi connectivity index (χ1n) is 13.8. The third-order valence-electron chi connectivity index (χ3n) is 7.06. The molecule has 0 spiro atoms. The van der Waals surface area contributed by atoms with E-state index in [2.05, 4.69) is 66.2 Å². The molecule has 0 radical (unpaired) electrons. The summed E-state index contributed by atoms with van der Waals surface area (Å²) in [7, 11) is 0. The fourth-order valence-electron chi connectivity index (χ4n) is 4.60. The molecule has 1 amide bonds. The molecule has 4 rings (SSSR count). The number of halogens is 1. The fourth-order valence-corrected chi connectivity index (χ4v) is 4.72. The highest BCUT2D eigenvalue weighted by atomic mass is 35.5. The van der Waals surface area contributed by atoms with E-state index in [1.807, 2.05) is 6.07 Å². The standard InChI is InChI=1S/C32H38ClN3O2/c1-3-24(2)25-15-19-28(20-16-25)38-23-9-22-36-30-11-7-6-10-29(30)35-31(36)12-5-4-8-21-34-32(37)26-13-17-27(33)18-14-26/h6-7,10-11,13-20,24H,3-5,8-9,12,21-23H2,1-2H3,(H,34,37). The summed E-state index contributed by atoms with van der Waals surface area (Å²) in [6.45, 7) is 6.67. The molecule has 1 atom stereocenters. The van der Waals surface area contributed by atoms with Crippen molar-refractivity contribution in [2.24, 2.45) is 0 Å². The first-order valence-corrected chi connectivity index (χ1v) is 14.1. The van der Waals surface area contributed by atoms with E-state index in [1.54, 1.807) is 24.3 Å². The molecular weight excluding hydrogens is 494 g/mol. The number of amides is 1.